The Bertz CT molecular complexity index is 710. The van der Waals surface area contributed by atoms with Gasteiger partial charge in [-0.25, -0.2) is 4.98 Å². The van der Waals surface area contributed by atoms with Crippen molar-refractivity contribution in [3.63, 3.8) is 0 Å². The van der Waals surface area contributed by atoms with Crippen molar-refractivity contribution in [3.05, 3.63) is 59.8 Å². The fourth-order valence-electron chi connectivity index (χ4n) is 3.72. The van der Waals surface area contributed by atoms with Gasteiger partial charge in [0.15, 0.2) is 0 Å². The Morgan fingerprint density at radius 2 is 1.84 bits per heavy atom. The molecule has 2 aromatic rings. The van der Waals surface area contributed by atoms with Gasteiger partial charge in [0, 0.05) is 24.3 Å². The van der Waals surface area contributed by atoms with Crippen LogP contribution in [0.3, 0.4) is 0 Å². The number of piperidine rings is 1. The number of hydrogen-bond donors (Lipinski definition) is 1. The first-order valence-electron chi connectivity index (χ1n) is 9.40. The normalized spacial score (nSPS) is 20.8. The first-order chi connectivity index (χ1) is 12.3. The Morgan fingerprint density at radius 3 is 2.52 bits per heavy atom. The second kappa shape index (κ2) is 7.26. The third-order valence-corrected chi connectivity index (χ3v) is 5.41. The summed E-state index contributed by atoms with van der Waals surface area (Å²) in [5.74, 6) is 1.08. The summed E-state index contributed by atoms with van der Waals surface area (Å²) in [5, 5.41) is 3.48. The van der Waals surface area contributed by atoms with Crippen LogP contribution in [-0.4, -0.2) is 28.4 Å². The summed E-state index contributed by atoms with van der Waals surface area (Å²) in [5.41, 5.74) is 1.91. The Kier molecular flexibility index (Phi) is 4.68. The van der Waals surface area contributed by atoms with E-state index in [1.54, 1.807) is 0 Å². The van der Waals surface area contributed by atoms with E-state index in [-0.39, 0.29) is 11.9 Å². The van der Waals surface area contributed by atoms with Crippen LogP contribution < -0.4 is 5.32 Å². The van der Waals surface area contributed by atoms with E-state index in [0.29, 0.717) is 6.04 Å². The Balaban J connectivity index is 1.51. The molecular weight excluding hydrogens is 310 g/mol. The van der Waals surface area contributed by atoms with Crippen LogP contribution in [0.2, 0.25) is 0 Å². The van der Waals surface area contributed by atoms with Gasteiger partial charge in [0.1, 0.15) is 5.82 Å². The molecule has 25 heavy (non-hydrogen) atoms. The zero-order valence-corrected chi connectivity index (χ0v) is 14.5. The summed E-state index contributed by atoms with van der Waals surface area (Å²) in [4.78, 5) is 19.6. The number of amides is 1. The average Bonchev–Trinajstić information content (AvgIpc) is 2.65. The van der Waals surface area contributed by atoms with Gasteiger partial charge in [-0.05, 0) is 62.3 Å². The number of carbonyl (C=O) groups excluding carboxylic acids is 1. The topological polar surface area (TPSA) is 45.2 Å². The number of likely N-dealkylation sites (tertiary alicyclic amines) is 1. The second-order valence-corrected chi connectivity index (χ2v) is 7.13. The van der Waals surface area contributed by atoms with Gasteiger partial charge >= 0.3 is 0 Å². The molecule has 2 heterocycles. The molecule has 130 valence electrons. The molecule has 1 aliphatic carbocycles. The smallest absolute Gasteiger partial charge is 0.254 e. The van der Waals surface area contributed by atoms with E-state index in [0.717, 1.165) is 42.8 Å². The highest BCUT2D eigenvalue weighted by molar-refractivity contribution is 5.94. The molecule has 1 saturated carbocycles. The zero-order valence-electron chi connectivity index (χ0n) is 14.5. The van der Waals surface area contributed by atoms with Gasteiger partial charge in [-0.3, -0.25) is 4.79 Å². The highest BCUT2D eigenvalue weighted by atomic mass is 16.2. The number of pyridine rings is 1. The van der Waals surface area contributed by atoms with E-state index in [9.17, 15) is 4.79 Å². The maximum atomic E-state index is 12.9. The molecule has 4 heteroatoms. The molecule has 2 fully saturated rings. The van der Waals surface area contributed by atoms with Gasteiger partial charge in [-0.2, -0.15) is 0 Å². The van der Waals surface area contributed by atoms with Crippen LogP contribution >= 0.6 is 0 Å². The lowest BCUT2D eigenvalue weighted by Crippen LogP contribution is -2.38. The number of nitrogens with one attached hydrogen (secondary N) is 1. The van der Waals surface area contributed by atoms with Gasteiger partial charge in [-0.1, -0.05) is 24.3 Å². The van der Waals surface area contributed by atoms with Crippen LogP contribution in [0, 0.1) is 0 Å². The molecule has 4 nitrogen and oxygen atoms in total. The summed E-state index contributed by atoms with van der Waals surface area (Å²) >= 11 is 0. The van der Waals surface area contributed by atoms with Crippen molar-refractivity contribution in [2.45, 2.75) is 50.6 Å². The van der Waals surface area contributed by atoms with Crippen molar-refractivity contribution in [2.75, 3.05) is 11.9 Å². The van der Waals surface area contributed by atoms with Crippen LogP contribution in [-0.2, 0) is 0 Å². The van der Waals surface area contributed by atoms with Crippen LogP contribution in [0.25, 0.3) is 0 Å². The van der Waals surface area contributed by atoms with E-state index in [4.69, 9.17) is 0 Å². The Labute approximate surface area is 149 Å². The molecule has 1 N–H and O–H groups in total. The largest absolute Gasteiger partial charge is 0.367 e. The minimum absolute atomic E-state index is 0.127. The molecule has 1 aromatic heterocycles. The maximum Gasteiger partial charge on any atom is 0.254 e. The van der Waals surface area contributed by atoms with E-state index in [1.807, 2.05) is 41.4 Å². The number of aromatic nitrogens is 1. The van der Waals surface area contributed by atoms with Crippen LogP contribution in [0.15, 0.2) is 48.7 Å². The van der Waals surface area contributed by atoms with E-state index >= 15 is 0 Å². The molecule has 1 atom stereocenters. The summed E-state index contributed by atoms with van der Waals surface area (Å²) in [6, 6.07) is 14.5. The fourth-order valence-corrected chi connectivity index (χ4v) is 3.72. The lowest BCUT2D eigenvalue weighted by molar-refractivity contribution is 0.0611. The van der Waals surface area contributed by atoms with E-state index < -0.39 is 0 Å². The fraction of sp³-hybridized carbons (Fsp3) is 0.429. The highest BCUT2D eigenvalue weighted by Crippen LogP contribution is 2.32. The van der Waals surface area contributed by atoms with Crippen LogP contribution in [0.5, 0.6) is 0 Å². The summed E-state index contributed by atoms with van der Waals surface area (Å²) < 4.78 is 0. The van der Waals surface area contributed by atoms with Crippen LogP contribution in [0.4, 0.5) is 5.82 Å². The molecule has 1 amide bonds. The minimum Gasteiger partial charge on any atom is -0.367 e. The average molecular weight is 335 g/mol. The summed E-state index contributed by atoms with van der Waals surface area (Å²) in [6.45, 7) is 0.820. The second-order valence-electron chi connectivity index (χ2n) is 7.13. The third kappa shape index (κ3) is 3.53. The number of carbonyl (C=O) groups is 1. The first kappa shape index (κ1) is 16.1. The number of hydrogen-bond acceptors (Lipinski definition) is 3. The van der Waals surface area contributed by atoms with Crippen molar-refractivity contribution >= 4 is 11.7 Å². The van der Waals surface area contributed by atoms with Gasteiger partial charge in [0.25, 0.3) is 5.91 Å². The molecule has 4 rings (SSSR count). The quantitative estimate of drug-likeness (QED) is 0.900. The van der Waals surface area contributed by atoms with Crippen molar-refractivity contribution in [1.29, 1.82) is 0 Å². The molecule has 0 radical (unpaired) electrons. The molecule has 1 aromatic carbocycles. The summed E-state index contributed by atoms with van der Waals surface area (Å²) in [6.07, 6.45) is 8.98. The Morgan fingerprint density at radius 1 is 1.00 bits per heavy atom. The Hall–Kier alpha value is -2.36. The third-order valence-electron chi connectivity index (χ3n) is 5.41. The van der Waals surface area contributed by atoms with E-state index in [2.05, 4.69) is 22.4 Å². The standard InChI is InChI=1S/C21H25N3O/c25-21(16-7-2-1-3-8-16)24-14-5-4-11-19(24)17-12-13-20(22-15-17)23-18-9-6-10-18/h1-3,7-8,12-13,15,18-19H,4-6,9-11,14H2,(H,22,23)/t19-/m1/s1. The van der Waals surface area contributed by atoms with Crippen molar-refractivity contribution in [2.24, 2.45) is 0 Å². The van der Waals surface area contributed by atoms with E-state index in [1.165, 1.54) is 19.3 Å². The van der Waals surface area contributed by atoms with Gasteiger partial charge in [-0.15, -0.1) is 0 Å². The molecule has 1 saturated heterocycles. The molecule has 1 aliphatic heterocycles. The van der Waals surface area contributed by atoms with Crippen molar-refractivity contribution in [3.8, 4) is 0 Å². The molecular formula is C21H25N3O. The SMILES string of the molecule is O=C(c1ccccc1)N1CCCC[C@@H]1c1ccc(NC2CCC2)nc1. The monoisotopic (exact) mass is 335 g/mol. The van der Waals surface area contributed by atoms with Crippen molar-refractivity contribution < 1.29 is 4.79 Å². The van der Waals surface area contributed by atoms with Gasteiger partial charge in [0.2, 0.25) is 0 Å². The number of benzene rings is 1. The lowest BCUT2D eigenvalue weighted by atomic mass is 9.93. The summed E-state index contributed by atoms with van der Waals surface area (Å²) in [7, 11) is 0. The highest BCUT2D eigenvalue weighted by Gasteiger charge is 2.29. The molecule has 0 unspecified atom stereocenters. The molecule has 2 aliphatic rings. The van der Waals surface area contributed by atoms with Crippen LogP contribution in [0.1, 0.15) is 60.5 Å². The number of anilines is 1. The molecule has 0 bridgehead atoms. The number of rotatable bonds is 4. The minimum atomic E-state index is 0.127. The van der Waals surface area contributed by atoms with Gasteiger partial charge < -0.3 is 10.2 Å². The number of nitrogens with zero attached hydrogens (tertiary/aromatic N) is 2. The zero-order chi connectivity index (χ0) is 17.1. The lowest BCUT2D eigenvalue weighted by Gasteiger charge is -2.36. The van der Waals surface area contributed by atoms with Crippen molar-refractivity contribution in [1.82, 2.24) is 9.88 Å². The predicted molar refractivity (Wildman–Crippen MR) is 99.6 cm³/mol. The maximum absolute atomic E-state index is 12.9. The first-order valence-corrected chi connectivity index (χ1v) is 9.40. The predicted octanol–water partition coefficient (Wildman–Crippen LogP) is 4.41. The molecule has 0 spiro atoms. The van der Waals surface area contributed by atoms with Gasteiger partial charge in [0.05, 0.1) is 6.04 Å².